The molecule has 0 radical (unpaired) electrons. The number of aliphatic carboxylic acids is 1. The Morgan fingerprint density at radius 1 is 0.378 bits per heavy atom. The first-order chi connectivity index (χ1) is 35.3. The van der Waals surface area contributed by atoms with Crippen LogP contribution in [0.15, 0.2) is 0 Å². The molecule has 16 N–H and O–H groups in total. The highest BCUT2D eigenvalue weighted by Gasteiger charge is 2.61. The lowest BCUT2D eigenvalue weighted by atomic mass is 9.94. The number of fused-ring (bicyclic) bond motifs is 3. The molecule has 13 rings (SSSR count). The molecule has 13 fully saturated rings. The number of aliphatic hydroxyl groups is 15. The molecule has 428 valence electrons. The van der Waals surface area contributed by atoms with Gasteiger partial charge < -0.3 is 143 Å². The molecule has 13 aliphatic rings. The van der Waals surface area contributed by atoms with Crippen molar-refractivity contribution in [2.75, 3.05) is 46.3 Å². The molecule has 13 aliphatic heterocycles. The summed E-state index contributed by atoms with van der Waals surface area (Å²) in [4.78, 5) is 22.9. The van der Waals surface area contributed by atoms with Crippen molar-refractivity contribution in [2.45, 2.75) is 190 Å². The lowest BCUT2D eigenvalue weighted by Crippen LogP contribution is -2.70. The van der Waals surface area contributed by atoms with E-state index in [1.165, 1.54) is 0 Å². The van der Waals surface area contributed by atoms with Crippen LogP contribution in [0.4, 0.5) is 8.78 Å². The monoisotopic (exact) mass is 1090 g/mol. The van der Waals surface area contributed by atoms with Crippen molar-refractivity contribution in [3.05, 3.63) is 0 Å². The van der Waals surface area contributed by atoms with Crippen molar-refractivity contribution in [1.29, 1.82) is 0 Å². The van der Waals surface area contributed by atoms with Crippen LogP contribution in [-0.4, -0.2) is 324 Å². The third-order valence-electron chi connectivity index (χ3n) is 13.7. The van der Waals surface area contributed by atoms with Crippen LogP contribution in [0.3, 0.4) is 0 Å². The van der Waals surface area contributed by atoms with Crippen LogP contribution in [0.25, 0.3) is 0 Å². The van der Waals surface area contributed by atoms with Crippen molar-refractivity contribution in [3.8, 4) is 0 Å². The van der Waals surface area contributed by atoms with Crippen LogP contribution < -0.4 is 0 Å². The minimum absolute atomic E-state index is 1.03. The number of alkyl halides is 2. The van der Waals surface area contributed by atoms with Gasteiger partial charge in [-0.05, 0) is 0 Å². The number of rotatable bonds is 10. The van der Waals surface area contributed by atoms with Crippen LogP contribution in [-0.2, 0) is 81.2 Å². The fourth-order valence-corrected chi connectivity index (χ4v) is 9.70. The van der Waals surface area contributed by atoms with Gasteiger partial charge in [0.15, 0.2) is 56.6 Å². The number of hydrogen-bond donors (Lipinski definition) is 16. The Labute approximate surface area is 413 Å². The average molecular weight is 1090 g/mol. The highest BCUT2D eigenvalue weighted by molar-refractivity contribution is 5.75. The molecule has 74 heavy (non-hydrogen) atoms. The number of carboxylic acid groups (broad SMARTS) is 1. The van der Waals surface area contributed by atoms with Crippen molar-refractivity contribution in [3.63, 3.8) is 0 Å². The van der Waals surface area contributed by atoms with Crippen molar-refractivity contribution < 1.29 is 172 Å². The molecule has 1 unspecified atom stereocenters. The van der Waals surface area contributed by atoms with Gasteiger partial charge in [0.25, 0.3) is 0 Å². The van der Waals surface area contributed by atoms with E-state index in [0.717, 1.165) is 0 Å². The first-order valence-corrected chi connectivity index (χ1v) is 23.1. The van der Waals surface area contributed by atoms with Gasteiger partial charge in [0.2, 0.25) is 0 Å². The normalized spacial score (nSPS) is 52.2. The standard InChI is InChI=1S/C39H60F2O33/c40-7-39(41,38(57)58)71-29-20(54)35-62-11(4-45)26(29)68-37-22(56)31-27(12(5-46)64-37)69-34-19(53)16(50)24(9(2-43)61-34)66-32-17(51)14(48)23(8(1-42)59-32)65-33-18(52)15(49)25(10(3-44)60-33)67-36-21(55)30(72-74-73-31)28(70-35)13(6-47)63-36/h8-37,42-56H,1-7H2,(H,57,58)/t8-,9-,10-,11-,12-,13-,14-,15-,16-,17-,18-,19-,20-,21-,22-,23-,24-,25-,26+,27+,28+,29-,30-,31-,32-,33-,34-,35-,36-,37-,39?/m1/s1. The molecule has 0 aliphatic carbocycles. The first kappa shape index (κ1) is 58.2. The van der Waals surface area contributed by atoms with Gasteiger partial charge in [-0.15, -0.1) is 0 Å². The lowest BCUT2D eigenvalue weighted by Gasteiger charge is -2.52. The largest absolute Gasteiger partial charge is 0.477 e. The summed E-state index contributed by atoms with van der Waals surface area (Å²) in [6.07, 6.45) is -64.1. The molecule has 13 heterocycles. The van der Waals surface area contributed by atoms with Crippen LogP contribution in [0.5, 0.6) is 0 Å². The number of carboxylic acids is 1. The number of carbonyl (C=O) groups is 1. The fourth-order valence-electron chi connectivity index (χ4n) is 9.70. The Bertz CT molecular complexity index is 1810. The summed E-state index contributed by atoms with van der Waals surface area (Å²) in [5.74, 6) is -6.87. The van der Waals surface area contributed by atoms with Crippen LogP contribution in [0.2, 0.25) is 0 Å². The van der Waals surface area contributed by atoms with E-state index in [1.54, 1.807) is 0 Å². The molecular weight excluding hydrogens is 1030 g/mol. The third kappa shape index (κ3) is 11.0. The van der Waals surface area contributed by atoms with E-state index in [9.17, 15) is 90.9 Å². The third-order valence-corrected chi connectivity index (χ3v) is 13.7. The second kappa shape index (κ2) is 24.2. The summed E-state index contributed by atoms with van der Waals surface area (Å²) in [5, 5.41) is 182. The Morgan fingerprint density at radius 3 is 0.959 bits per heavy atom. The molecule has 31 atom stereocenters. The molecule has 35 heteroatoms. The second-order valence-corrected chi connectivity index (χ2v) is 18.3. The van der Waals surface area contributed by atoms with Gasteiger partial charge in [-0.1, -0.05) is 5.04 Å². The second-order valence-electron chi connectivity index (χ2n) is 18.3. The Hall–Kier alpha value is -1.91. The van der Waals surface area contributed by atoms with Crippen molar-refractivity contribution >= 4 is 5.97 Å². The summed E-state index contributed by atoms with van der Waals surface area (Å²) < 4.78 is 104. The molecule has 0 spiro atoms. The van der Waals surface area contributed by atoms with Gasteiger partial charge in [-0.2, -0.15) is 14.2 Å². The maximum Gasteiger partial charge on any atom is 0.372 e. The van der Waals surface area contributed by atoms with E-state index in [0.29, 0.717) is 0 Å². The van der Waals surface area contributed by atoms with Gasteiger partial charge >= 0.3 is 11.8 Å². The van der Waals surface area contributed by atoms with Crippen LogP contribution in [0, 0.1) is 0 Å². The van der Waals surface area contributed by atoms with Crippen LogP contribution in [0.1, 0.15) is 0 Å². The summed E-state index contributed by atoms with van der Waals surface area (Å²) in [7, 11) is 0. The number of hydrogen-bond acceptors (Lipinski definition) is 32. The van der Waals surface area contributed by atoms with E-state index in [1.807, 2.05) is 0 Å². The van der Waals surface area contributed by atoms with E-state index in [4.69, 9.17) is 76.4 Å². The first-order valence-electron chi connectivity index (χ1n) is 23.1. The van der Waals surface area contributed by atoms with Gasteiger partial charge in [0.05, 0.1) is 39.6 Å². The maximum atomic E-state index is 15.7. The van der Waals surface area contributed by atoms with E-state index in [2.05, 4.69) is 0 Å². The zero-order valence-corrected chi connectivity index (χ0v) is 38.1. The quantitative estimate of drug-likeness (QED) is 0.0903. The highest BCUT2D eigenvalue weighted by Crippen LogP contribution is 2.41. The Kier molecular flexibility index (Phi) is 19.1. The van der Waals surface area contributed by atoms with Gasteiger partial charge in [0.1, 0.15) is 134 Å². The zero-order valence-electron chi connectivity index (χ0n) is 38.1. The Morgan fingerprint density at radius 2 is 0.649 bits per heavy atom. The minimum atomic E-state index is -4.29. The summed E-state index contributed by atoms with van der Waals surface area (Å²) in [6, 6.07) is 0. The lowest BCUT2D eigenvalue weighted by molar-refractivity contribution is -0.573. The fraction of sp³-hybridized carbons (Fsp3) is 0.974. The van der Waals surface area contributed by atoms with Gasteiger partial charge in [-0.25, -0.2) is 9.18 Å². The molecule has 33 nitrogen and oxygen atoms in total. The number of aliphatic hydroxyl groups excluding tert-OH is 15. The number of ether oxygens (including phenoxy) is 13. The predicted molar refractivity (Wildman–Crippen MR) is 211 cm³/mol. The highest BCUT2D eigenvalue weighted by atomic mass is 19.2. The van der Waals surface area contributed by atoms with Gasteiger partial charge in [-0.3, -0.25) is 0 Å². The van der Waals surface area contributed by atoms with E-state index >= 15 is 4.39 Å². The molecule has 0 amide bonds. The summed E-state index contributed by atoms with van der Waals surface area (Å²) in [5.41, 5.74) is 0. The SMILES string of the molecule is O=C(O)C(F)(CF)O[C@@H]1[C@@H](O)[C@H]2O[C@@H]3[C@@H]4OOO[C@@H]5[C@@H](O)[C@@H](O[C@H]1[C@@H](CO)O2)O[C@H](CO)[C@@H]5O[C@H]1O[C@H](CO)[C@@H](O[C@H]2O[C@H](CO)[C@@H](O[C@H]5O[C@H](CO)[C@@H](O[C@@H](O[C@@H]3CO)[C@@H]4O)[C@H](O)[C@H]5O)[C@H](O)[C@H]2O)[C@H](O)[C@H]1O. The maximum absolute atomic E-state index is 15.7. The van der Waals surface area contributed by atoms with E-state index < -0.39 is 242 Å². The smallest absolute Gasteiger partial charge is 0.372 e. The van der Waals surface area contributed by atoms with Crippen molar-refractivity contribution in [1.82, 2.24) is 0 Å². The molecule has 13 saturated heterocycles. The molecule has 12 bridgehead atoms. The zero-order chi connectivity index (χ0) is 53.7. The topological polar surface area (TPSA) is 488 Å². The minimum Gasteiger partial charge on any atom is -0.477 e. The molecule has 0 aromatic rings. The van der Waals surface area contributed by atoms with Crippen LogP contribution >= 0.6 is 0 Å². The van der Waals surface area contributed by atoms with E-state index in [-0.39, 0.29) is 0 Å². The Balaban J connectivity index is 1.23. The van der Waals surface area contributed by atoms with Gasteiger partial charge in [0, 0.05) is 0 Å². The average Bonchev–Trinajstić information content (AvgIpc) is 3.39. The summed E-state index contributed by atoms with van der Waals surface area (Å²) in [6.45, 7) is -9.23. The predicted octanol–water partition coefficient (Wildman–Crippen LogP) is -11.4. The molecular formula is C39H60F2O33. The number of halogens is 2. The molecule has 0 saturated carbocycles. The molecule has 0 aromatic carbocycles. The van der Waals surface area contributed by atoms with Crippen molar-refractivity contribution in [2.24, 2.45) is 0 Å². The summed E-state index contributed by atoms with van der Waals surface area (Å²) >= 11 is 0. The molecule has 0 aromatic heterocycles.